The number of ether oxygens (including phenoxy) is 1. The number of likely N-dealkylation sites (N-methyl/N-ethyl adjacent to an activating group) is 1. The first-order valence-corrected chi connectivity index (χ1v) is 10.9. The minimum absolute atomic E-state index is 0.0111. The minimum Gasteiger partial charge on any atom is -0.442 e. The van der Waals surface area contributed by atoms with Gasteiger partial charge in [-0.05, 0) is 38.6 Å². The second-order valence-corrected chi connectivity index (χ2v) is 8.86. The van der Waals surface area contributed by atoms with E-state index in [1.165, 1.54) is 12.1 Å². The molecule has 0 aliphatic carbocycles. The van der Waals surface area contributed by atoms with Crippen LogP contribution in [0.3, 0.4) is 0 Å². The third-order valence-corrected chi connectivity index (χ3v) is 5.65. The summed E-state index contributed by atoms with van der Waals surface area (Å²) < 4.78 is 5.21. The third-order valence-electron chi connectivity index (χ3n) is 5.65. The zero-order valence-electron chi connectivity index (χ0n) is 19.6. The Bertz CT molecular complexity index is 1000. The molecule has 0 spiro atoms. The molecule has 1 aromatic rings. The summed E-state index contributed by atoms with van der Waals surface area (Å²) in [5.41, 5.74) is 0.395. The summed E-state index contributed by atoms with van der Waals surface area (Å²) in [6, 6.07) is 4.09. The van der Waals surface area contributed by atoms with E-state index in [9.17, 15) is 28.8 Å². The molecule has 1 unspecified atom stereocenters. The predicted octanol–water partition coefficient (Wildman–Crippen LogP) is 0.00330. The molecule has 2 aliphatic rings. The summed E-state index contributed by atoms with van der Waals surface area (Å²) in [6.07, 6.45) is -0.114. The monoisotopic (exact) mass is 472 g/mol. The Morgan fingerprint density at radius 3 is 2.21 bits per heavy atom. The molecule has 5 amide bonds. The number of amides is 5. The maximum Gasteiger partial charge on any atom is 0.330 e. The number of imide groups is 2. The third kappa shape index (κ3) is 4.98. The molecule has 0 saturated carbocycles. The summed E-state index contributed by atoms with van der Waals surface area (Å²) in [6.45, 7) is 2.83. The number of nitrogens with zero attached hydrogens (tertiary/aromatic N) is 3. The molecule has 1 fully saturated rings. The van der Waals surface area contributed by atoms with E-state index < -0.39 is 48.4 Å². The molecule has 34 heavy (non-hydrogen) atoms. The summed E-state index contributed by atoms with van der Waals surface area (Å²) in [5.74, 6) is -4.07. The van der Waals surface area contributed by atoms with Crippen LogP contribution in [0, 0.1) is 5.92 Å². The van der Waals surface area contributed by atoms with Crippen molar-refractivity contribution in [3.05, 3.63) is 35.4 Å². The van der Waals surface area contributed by atoms with E-state index in [0.29, 0.717) is 0 Å². The number of piperidine rings is 1. The first kappa shape index (κ1) is 25.0. The highest BCUT2D eigenvalue weighted by atomic mass is 16.5. The molecule has 11 nitrogen and oxygen atoms in total. The summed E-state index contributed by atoms with van der Waals surface area (Å²) in [7, 11) is 3.42. The maximum absolute atomic E-state index is 13.1. The van der Waals surface area contributed by atoms with Gasteiger partial charge in [-0.15, -0.1) is 0 Å². The second-order valence-electron chi connectivity index (χ2n) is 8.86. The van der Waals surface area contributed by atoms with Crippen LogP contribution in [0.5, 0.6) is 0 Å². The second kappa shape index (κ2) is 10.1. The van der Waals surface area contributed by atoms with Gasteiger partial charge in [0.05, 0.1) is 17.7 Å². The zero-order chi connectivity index (χ0) is 25.2. The van der Waals surface area contributed by atoms with E-state index >= 15 is 0 Å². The lowest BCUT2D eigenvalue weighted by molar-refractivity contribution is -0.166. The number of likely N-dealkylation sites (tertiary alicyclic amines) is 1. The Labute approximate surface area is 197 Å². The fourth-order valence-electron chi connectivity index (χ4n) is 3.91. The van der Waals surface area contributed by atoms with E-state index in [1.54, 1.807) is 45.0 Å². The molecule has 1 N–H and O–H groups in total. The maximum atomic E-state index is 13.1. The largest absolute Gasteiger partial charge is 0.442 e. The fourth-order valence-corrected chi connectivity index (χ4v) is 3.91. The Hall–Kier alpha value is -3.60. The molecule has 1 aromatic carbocycles. The van der Waals surface area contributed by atoms with Gasteiger partial charge in [0.1, 0.15) is 12.1 Å². The molecule has 2 atom stereocenters. The van der Waals surface area contributed by atoms with Gasteiger partial charge in [-0.2, -0.15) is 0 Å². The number of carbonyl (C=O) groups is 6. The van der Waals surface area contributed by atoms with Gasteiger partial charge in [-0.25, -0.2) is 9.69 Å². The van der Waals surface area contributed by atoms with Crippen molar-refractivity contribution in [2.75, 3.05) is 27.4 Å². The highest BCUT2D eigenvalue weighted by Gasteiger charge is 2.47. The molecule has 0 radical (unpaired) electrons. The summed E-state index contributed by atoms with van der Waals surface area (Å²) >= 11 is 0. The normalized spacial score (nSPS) is 19.1. The molecule has 1 saturated heterocycles. The Morgan fingerprint density at radius 2 is 1.68 bits per heavy atom. The molecule has 0 bridgehead atoms. The molecule has 3 rings (SSSR count). The Kier molecular flexibility index (Phi) is 7.45. The Balaban J connectivity index is 1.69. The number of fused-ring (bicyclic) bond motifs is 1. The van der Waals surface area contributed by atoms with Crippen molar-refractivity contribution in [1.82, 2.24) is 20.0 Å². The van der Waals surface area contributed by atoms with Crippen molar-refractivity contribution in [3.8, 4) is 0 Å². The molecule has 0 aromatic heterocycles. The van der Waals surface area contributed by atoms with Crippen LogP contribution in [0.1, 0.15) is 47.4 Å². The van der Waals surface area contributed by atoms with Crippen LogP contribution in [0.4, 0.5) is 0 Å². The topological polar surface area (TPSA) is 133 Å². The first-order valence-electron chi connectivity index (χ1n) is 10.9. The van der Waals surface area contributed by atoms with Gasteiger partial charge >= 0.3 is 5.97 Å². The SMILES string of the molecule is CC(C)C(NC(=O)CN(C)C)C(=O)OCN1C(=O)CC[C@H](N2C(=O)c3ccccc3C2=O)C1=O. The van der Waals surface area contributed by atoms with Crippen molar-refractivity contribution in [2.45, 2.75) is 38.8 Å². The van der Waals surface area contributed by atoms with E-state index in [1.807, 2.05) is 0 Å². The van der Waals surface area contributed by atoms with Gasteiger partial charge in [0.2, 0.25) is 11.8 Å². The van der Waals surface area contributed by atoms with Crippen LogP contribution < -0.4 is 5.32 Å². The van der Waals surface area contributed by atoms with E-state index in [0.717, 1.165) is 9.80 Å². The average molecular weight is 472 g/mol. The number of hydrogen-bond acceptors (Lipinski definition) is 8. The van der Waals surface area contributed by atoms with Gasteiger partial charge in [-0.1, -0.05) is 26.0 Å². The number of benzene rings is 1. The quantitative estimate of drug-likeness (QED) is 0.413. The van der Waals surface area contributed by atoms with Gasteiger partial charge in [0.15, 0.2) is 6.73 Å². The number of nitrogens with one attached hydrogen (secondary N) is 1. The van der Waals surface area contributed by atoms with Crippen LogP contribution in [0.25, 0.3) is 0 Å². The lowest BCUT2D eigenvalue weighted by Crippen LogP contribution is -2.57. The van der Waals surface area contributed by atoms with Crippen LogP contribution in [0.15, 0.2) is 24.3 Å². The standard InChI is InChI=1S/C23H28N4O7/c1-13(2)19(24-17(28)11-25(3)4)23(33)34-12-26-18(29)10-9-16(22(26)32)27-20(30)14-7-5-6-8-15(14)21(27)31/h5-8,13,16,19H,9-12H2,1-4H3,(H,24,28)/t16-,19?/m0/s1. The van der Waals surface area contributed by atoms with E-state index in [2.05, 4.69) is 5.32 Å². The lowest BCUT2D eigenvalue weighted by Gasteiger charge is -2.34. The van der Waals surface area contributed by atoms with Crippen LogP contribution in [-0.2, 0) is 23.9 Å². The highest BCUT2D eigenvalue weighted by Crippen LogP contribution is 2.29. The number of hydrogen-bond donors (Lipinski definition) is 1. The summed E-state index contributed by atoms with van der Waals surface area (Å²) in [5, 5.41) is 2.59. The van der Waals surface area contributed by atoms with Crippen LogP contribution >= 0.6 is 0 Å². The molecule has 2 aliphatic heterocycles. The van der Waals surface area contributed by atoms with Gasteiger partial charge < -0.3 is 15.0 Å². The van der Waals surface area contributed by atoms with Crippen LogP contribution in [0.2, 0.25) is 0 Å². The van der Waals surface area contributed by atoms with Crippen molar-refractivity contribution in [2.24, 2.45) is 5.92 Å². The summed E-state index contributed by atoms with van der Waals surface area (Å²) in [4.78, 5) is 79.0. The smallest absolute Gasteiger partial charge is 0.330 e. The van der Waals surface area contributed by atoms with Gasteiger partial charge in [0.25, 0.3) is 17.7 Å². The lowest BCUT2D eigenvalue weighted by atomic mass is 10.0. The molecule has 2 heterocycles. The van der Waals surface area contributed by atoms with E-state index in [4.69, 9.17) is 4.74 Å². The predicted molar refractivity (Wildman–Crippen MR) is 118 cm³/mol. The molecular weight excluding hydrogens is 444 g/mol. The highest BCUT2D eigenvalue weighted by molar-refractivity contribution is 6.23. The van der Waals surface area contributed by atoms with E-state index in [-0.39, 0.29) is 42.3 Å². The Morgan fingerprint density at radius 1 is 1.09 bits per heavy atom. The molecular formula is C23H28N4O7. The minimum atomic E-state index is -1.18. The number of carbonyl (C=O) groups excluding carboxylic acids is 6. The number of esters is 1. The first-order chi connectivity index (χ1) is 16.0. The van der Waals surface area contributed by atoms with Crippen molar-refractivity contribution in [1.29, 1.82) is 0 Å². The number of rotatable bonds is 8. The van der Waals surface area contributed by atoms with Gasteiger partial charge in [-0.3, -0.25) is 28.9 Å². The molecule has 11 heteroatoms. The van der Waals surface area contributed by atoms with Crippen LogP contribution in [-0.4, -0.2) is 89.7 Å². The zero-order valence-corrected chi connectivity index (χ0v) is 19.6. The van der Waals surface area contributed by atoms with Crippen molar-refractivity contribution in [3.63, 3.8) is 0 Å². The average Bonchev–Trinajstić information content (AvgIpc) is 3.02. The van der Waals surface area contributed by atoms with Crippen molar-refractivity contribution < 1.29 is 33.5 Å². The molecule has 182 valence electrons. The van der Waals surface area contributed by atoms with Crippen molar-refractivity contribution >= 4 is 35.5 Å². The van der Waals surface area contributed by atoms with Gasteiger partial charge in [0, 0.05) is 6.42 Å². The fraction of sp³-hybridized carbons (Fsp3) is 0.478.